The first kappa shape index (κ1) is 43.2. The molecule has 0 aliphatic heterocycles. The van der Waals surface area contributed by atoms with Gasteiger partial charge in [0.05, 0.1) is 13.2 Å². The van der Waals surface area contributed by atoms with E-state index in [4.69, 9.17) is 14.2 Å². The third kappa shape index (κ3) is 35.7. The third-order valence-corrected chi connectivity index (χ3v) is 8.95. The van der Waals surface area contributed by atoms with E-state index in [9.17, 15) is 4.79 Å². The van der Waals surface area contributed by atoms with Crippen molar-refractivity contribution >= 4 is 6.09 Å². The van der Waals surface area contributed by atoms with Crippen molar-refractivity contribution in [3.05, 3.63) is 0 Å². The van der Waals surface area contributed by atoms with E-state index in [-0.39, 0.29) is 12.2 Å². The number of unbranched alkanes of at least 4 members (excludes halogenated alkanes) is 25. The lowest BCUT2D eigenvalue weighted by atomic mass is 10.0. The lowest BCUT2D eigenvalue weighted by Gasteiger charge is -2.18. The molecule has 0 spiro atoms. The van der Waals surface area contributed by atoms with Gasteiger partial charge in [-0.15, -0.1) is 0 Å². The molecule has 0 saturated carbocycles. The Bertz CT molecular complexity index is 544. The molecule has 0 aromatic heterocycles. The van der Waals surface area contributed by atoms with Gasteiger partial charge in [0.1, 0.15) is 6.10 Å². The number of alkyl carbamates (subject to hydrolysis) is 1. The van der Waals surface area contributed by atoms with Crippen LogP contribution in [0.1, 0.15) is 206 Å². The van der Waals surface area contributed by atoms with Crippen molar-refractivity contribution in [3.8, 4) is 0 Å². The Balaban J connectivity index is 4.00. The van der Waals surface area contributed by atoms with Crippen LogP contribution in [0.3, 0.4) is 0 Å². The quantitative estimate of drug-likeness (QED) is 0.0698. The van der Waals surface area contributed by atoms with Gasteiger partial charge in [0.25, 0.3) is 0 Å². The lowest BCUT2D eigenvalue weighted by molar-refractivity contribution is 0.0670. The summed E-state index contributed by atoms with van der Waals surface area (Å²) in [5.41, 5.74) is 0. The molecule has 0 rings (SSSR count). The van der Waals surface area contributed by atoms with E-state index < -0.39 is 0 Å². The monoisotopic (exact) mass is 626 g/mol. The molecule has 1 unspecified atom stereocenters. The van der Waals surface area contributed by atoms with Crippen molar-refractivity contribution in [3.63, 3.8) is 0 Å². The number of hydrogen-bond acceptors (Lipinski definition) is 4. The number of carbonyl (C=O) groups excluding carboxylic acids is 1. The van der Waals surface area contributed by atoms with Crippen LogP contribution in [0.2, 0.25) is 0 Å². The minimum Gasteiger partial charge on any atom is -0.446 e. The Morgan fingerprint density at radius 1 is 0.477 bits per heavy atom. The molecule has 1 N–H and O–H groups in total. The first-order chi connectivity index (χ1) is 21.7. The Kier molecular flexibility index (Phi) is 37.7. The summed E-state index contributed by atoms with van der Waals surface area (Å²) >= 11 is 0. The fourth-order valence-corrected chi connectivity index (χ4v) is 6.02. The van der Waals surface area contributed by atoms with Crippen molar-refractivity contribution in [2.24, 2.45) is 0 Å². The summed E-state index contributed by atoms with van der Waals surface area (Å²) in [5.74, 6) is 0. The molecule has 0 fully saturated rings. The molecule has 44 heavy (non-hydrogen) atoms. The van der Waals surface area contributed by atoms with Gasteiger partial charge >= 0.3 is 6.09 Å². The normalized spacial score (nSPS) is 12.1. The zero-order chi connectivity index (χ0) is 32.0. The maximum absolute atomic E-state index is 12.5. The van der Waals surface area contributed by atoms with Gasteiger partial charge in [0.15, 0.2) is 0 Å². The van der Waals surface area contributed by atoms with Crippen molar-refractivity contribution in [1.29, 1.82) is 0 Å². The molecule has 0 bridgehead atoms. The van der Waals surface area contributed by atoms with Crippen LogP contribution < -0.4 is 5.32 Å². The zero-order valence-corrected chi connectivity index (χ0v) is 30.3. The smallest absolute Gasteiger partial charge is 0.407 e. The van der Waals surface area contributed by atoms with Crippen LogP contribution >= 0.6 is 0 Å². The highest BCUT2D eigenvalue weighted by molar-refractivity contribution is 5.67. The molecule has 1 amide bonds. The van der Waals surface area contributed by atoms with Gasteiger partial charge in [-0.05, 0) is 32.1 Å². The summed E-state index contributed by atoms with van der Waals surface area (Å²) in [5, 5.41) is 2.93. The molecule has 0 saturated heterocycles. The maximum Gasteiger partial charge on any atom is 0.407 e. The Labute approximate surface area is 276 Å². The van der Waals surface area contributed by atoms with Crippen molar-refractivity contribution in [2.75, 3.05) is 33.5 Å². The summed E-state index contributed by atoms with van der Waals surface area (Å²) in [7, 11) is 1.67. The molecular weight excluding hydrogens is 546 g/mol. The third-order valence-electron chi connectivity index (χ3n) is 8.95. The topological polar surface area (TPSA) is 56.8 Å². The van der Waals surface area contributed by atoms with Crippen LogP contribution in [0, 0.1) is 0 Å². The van der Waals surface area contributed by atoms with E-state index in [1.807, 2.05) is 0 Å². The van der Waals surface area contributed by atoms with E-state index in [1.54, 1.807) is 7.11 Å². The minimum atomic E-state index is -0.257. The van der Waals surface area contributed by atoms with Gasteiger partial charge in [-0.25, -0.2) is 4.79 Å². The largest absolute Gasteiger partial charge is 0.446 e. The summed E-state index contributed by atoms with van der Waals surface area (Å²) in [6, 6.07) is 0. The number of ether oxygens (including phenoxy) is 3. The number of nitrogens with one attached hydrogen (secondary N) is 1. The van der Waals surface area contributed by atoms with Crippen molar-refractivity contribution < 1.29 is 19.0 Å². The number of methoxy groups -OCH3 is 1. The number of rotatable bonds is 37. The Morgan fingerprint density at radius 2 is 0.841 bits per heavy atom. The SMILES string of the molecule is CCCCCCCCCCCCCCCCC(CCCCCCCCCCCCCCC)OC(=O)NCCCOCCOC. The van der Waals surface area contributed by atoms with Crippen molar-refractivity contribution in [2.45, 2.75) is 213 Å². The molecule has 264 valence electrons. The molecule has 0 aromatic rings. The summed E-state index contributed by atoms with van der Waals surface area (Å²) in [4.78, 5) is 12.5. The van der Waals surface area contributed by atoms with Crippen LogP contribution in [0.25, 0.3) is 0 Å². The average molecular weight is 626 g/mol. The van der Waals surface area contributed by atoms with Gasteiger partial charge in [0, 0.05) is 20.3 Å². The van der Waals surface area contributed by atoms with E-state index in [0.717, 1.165) is 19.3 Å². The Hall–Kier alpha value is -0.810. The molecule has 5 nitrogen and oxygen atoms in total. The summed E-state index contributed by atoms with van der Waals surface area (Å²) in [6.45, 7) is 7.01. The van der Waals surface area contributed by atoms with E-state index in [2.05, 4.69) is 19.2 Å². The number of carbonyl (C=O) groups is 1. The van der Waals surface area contributed by atoms with E-state index in [1.165, 1.54) is 173 Å². The first-order valence-corrected chi connectivity index (χ1v) is 19.8. The lowest BCUT2D eigenvalue weighted by Crippen LogP contribution is -2.30. The van der Waals surface area contributed by atoms with Gasteiger partial charge in [-0.2, -0.15) is 0 Å². The van der Waals surface area contributed by atoms with Gasteiger partial charge in [0.2, 0.25) is 0 Å². The standard InChI is InChI=1S/C39H79NO4/c1-4-6-8-10-12-14-16-18-20-22-24-26-28-30-33-38(44-39(41)40-34-31-35-43-37-36-42-3)32-29-27-25-23-21-19-17-15-13-11-9-7-5-2/h38H,4-37H2,1-3H3,(H,40,41). The summed E-state index contributed by atoms with van der Waals surface area (Å²) < 4.78 is 16.4. The molecular formula is C39H79NO4. The predicted octanol–water partition coefficient (Wildman–Crippen LogP) is 12.5. The molecule has 0 aliphatic carbocycles. The summed E-state index contributed by atoms with van der Waals surface area (Å²) in [6.07, 6.45) is 39.5. The van der Waals surface area contributed by atoms with E-state index in [0.29, 0.717) is 26.4 Å². The minimum absolute atomic E-state index is 0.0537. The maximum atomic E-state index is 12.5. The average Bonchev–Trinajstić information content (AvgIpc) is 3.02. The van der Waals surface area contributed by atoms with Gasteiger partial charge in [-0.1, -0.05) is 174 Å². The predicted molar refractivity (Wildman–Crippen MR) is 191 cm³/mol. The second-order valence-corrected chi connectivity index (χ2v) is 13.3. The highest BCUT2D eigenvalue weighted by atomic mass is 16.6. The highest BCUT2D eigenvalue weighted by Crippen LogP contribution is 2.18. The van der Waals surface area contributed by atoms with Crippen LogP contribution in [0.5, 0.6) is 0 Å². The molecule has 5 heteroatoms. The van der Waals surface area contributed by atoms with Crippen LogP contribution in [-0.2, 0) is 14.2 Å². The van der Waals surface area contributed by atoms with Gasteiger partial charge < -0.3 is 19.5 Å². The van der Waals surface area contributed by atoms with Crippen LogP contribution in [0.4, 0.5) is 4.79 Å². The van der Waals surface area contributed by atoms with E-state index >= 15 is 0 Å². The second-order valence-electron chi connectivity index (χ2n) is 13.3. The number of hydrogen-bond donors (Lipinski definition) is 1. The molecule has 1 atom stereocenters. The zero-order valence-electron chi connectivity index (χ0n) is 30.3. The highest BCUT2D eigenvalue weighted by Gasteiger charge is 2.14. The van der Waals surface area contributed by atoms with Crippen molar-refractivity contribution in [1.82, 2.24) is 5.32 Å². The van der Waals surface area contributed by atoms with Gasteiger partial charge in [-0.3, -0.25) is 0 Å². The number of amides is 1. The fourth-order valence-electron chi connectivity index (χ4n) is 6.02. The fraction of sp³-hybridized carbons (Fsp3) is 0.974. The molecule has 0 aliphatic rings. The van der Waals surface area contributed by atoms with Crippen LogP contribution in [0.15, 0.2) is 0 Å². The second kappa shape index (κ2) is 38.4. The molecule has 0 radical (unpaired) electrons. The van der Waals surface area contributed by atoms with Crippen LogP contribution in [-0.4, -0.2) is 45.7 Å². The Morgan fingerprint density at radius 3 is 1.20 bits per heavy atom. The molecule has 0 heterocycles. The first-order valence-electron chi connectivity index (χ1n) is 19.8. The molecule has 0 aromatic carbocycles.